The molecule has 0 bridgehead atoms. The molecule has 0 aliphatic heterocycles. The van der Waals surface area contributed by atoms with E-state index >= 15 is 0 Å². The van der Waals surface area contributed by atoms with Gasteiger partial charge < -0.3 is 11.1 Å². The molecule has 82 valence electrons. The highest BCUT2D eigenvalue weighted by atomic mass is 19.2. The van der Waals surface area contributed by atoms with Crippen molar-refractivity contribution in [2.45, 2.75) is 13.0 Å². The van der Waals surface area contributed by atoms with E-state index in [1.54, 1.807) is 6.92 Å². The molecular formula is C10H12F2N2O. The van der Waals surface area contributed by atoms with Gasteiger partial charge in [0.1, 0.15) is 6.04 Å². The molecule has 0 unspecified atom stereocenters. The SMILES string of the molecule is CCN[C@@H](C(N)=O)c1ccc(F)c(F)c1. The highest BCUT2D eigenvalue weighted by Crippen LogP contribution is 2.15. The molecule has 0 aliphatic carbocycles. The third kappa shape index (κ3) is 2.73. The normalized spacial score (nSPS) is 12.5. The average Bonchev–Trinajstić information content (AvgIpc) is 2.18. The summed E-state index contributed by atoms with van der Waals surface area (Å²) in [6, 6.07) is 2.48. The number of hydrogen-bond acceptors (Lipinski definition) is 2. The molecule has 0 heterocycles. The van der Waals surface area contributed by atoms with Crippen molar-refractivity contribution in [1.82, 2.24) is 5.32 Å². The van der Waals surface area contributed by atoms with Gasteiger partial charge in [0.2, 0.25) is 5.91 Å². The first kappa shape index (κ1) is 11.6. The van der Waals surface area contributed by atoms with Crippen LogP contribution in [0.25, 0.3) is 0 Å². The molecule has 0 radical (unpaired) electrons. The summed E-state index contributed by atoms with van der Waals surface area (Å²) in [6.07, 6.45) is 0. The molecule has 0 spiro atoms. The summed E-state index contributed by atoms with van der Waals surface area (Å²) in [5.41, 5.74) is 5.45. The third-order valence-corrected chi connectivity index (χ3v) is 1.97. The molecule has 5 heteroatoms. The van der Waals surface area contributed by atoms with Gasteiger partial charge in [0, 0.05) is 0 Å². The Labute approximate surface area is 86.3 Å². The Morgan fingerprint density at radius 1 is 1.47 bits per heavy atom. The molecule has 3 N–H and O–H groups in total. The van der Waals surface area contributed by atoms with Crippen LogP contribution in [0, 0.1) is 11.6 Å². The van der Waals surface area contributed by atoms with Crippen LogP contribution in [0.1, 0.15) is 18.5 Å². The maximum Gasteiger partial charge on any atom is 0.239 e. The Morgan fingerprint density at radius 2 is 2.13 bits per heavy atom. The summed E-state index contributed by atoms with van der Waals surface area (Å²) in [4.78, 5) is 11.0. The number of primary amides is 1. The van der Waals surface area contributed by atoms with Crippen molar-refractivity contribution < 1.29 is 13.6 Å². The Morgan fingerprint density at radius 3 is 2.60 bits per heavy atom. The number of nitrogens with two attached hydrogens (primary N) is 1. The van der Waals surface area contributed by atoms with Crippen LogP contribution in [0.15, 0.2) is 18.2 Å². The van der Waals surface area contributed by atoms with Crippen molar-refractivity contribution in [1.29, 1.82) is 0 Å². The third-order valence-electron chi connectivity index (χ3n) is 1.97. The van der Waals surface area contributed by atoms with E-state index < -0.39 is 23.6 Å². The first-order chi connectivity index (χ1) is 7.06. The van der Waals surface area contributed by atoms with Crippen LogP contribution in [0.2, 0.25) is 0 Å². The Bertz CT molecular complexity index is 368. The molecule has 0 aromatic heterocycles. The van der Waals surface area contributed by atoms with Crippen molar-refractivity contribution in [3.63, 3.8) is 0 Å². The molecule has 3 nitrogen and oxygen atoms in total. The number of nitrogens with one attached hydrogen (secondary N) is 1. The highest BCUT2D eigenvalue weighted by Gasteiger charge is 2.17. The van der Waals surface area contributed by atoms with E-state index in [2.05, 4.69) is 5.32 Å². The van der Waals surface area contributed by atoms with Gasteiger partial charge in [-0.25, -0.2) is 8.78 Å². The van der Waals surface area contributed by atoms with E-state index in [1.807, 2.05) is 0 Å². The minimum atomic E-state index is -0.989. The molecule has 1 amide bonds. The van der Waals surface area contributed by atoms with Gasteiger partial charge in [0.25, 0.3) is 0 Å². The molecule has 0 fully saturated rings. The number of amides is 1. The van der Waals surface area contributed by atoms with Crippen molar-refractivity contribution in [3.8, 4) is 0 Å². The van der Waals surface area contributed by atoms with E-state index in [1.165, 1.54) is 6.07 Å². The Kier molecular flexibility index (Phi) is 3.74. The van der Waals surface area contributed by atoms with Gasteiger partial charge in [-0.15, -0.1) is 0 Å². The van der Waals surface area contributed by atoms with E-state index in [0.29, 0.717) is 12.1 Å². The van der Waals surface area contributed by atoms with Crippen LogP contribution in [-0.2, 0) is 4.79 Å². The van der Waals surface area contributed by atoms with Crippen molar-refractivity contribution in [3.05, 3.63) is 35.4 Å². The zero-order valence-electron chi connectivity index (χ0n) is 8.26. The van der Waals surface area contributed by atoms with E-state index in [4.69, 9.17) is 5.73 Å². The maximum atomic E-state index is 12.9. The lowest BCUT2D eigenvalue weighted by molar-refractivity contribution is -0.120. The predicted molar refractivity (Wildman–Crippen MR) is 52.0 cm³/mol. The number of hydrogen-bond donors (Lipinski definition) is 2. The van der Waals surface area contributed by atoms with Gasteiger partial charge in [-0.05, 0) is 24.2 Å². The molecule has 1 aromatic rings. The molecule has 0 saturated carbocycles. The number of likely N-dealkylation sites (N-methyl/N-ethyl adjacent to an activating group) is 1. The molecule has 1 rings (SSSR count). The average molecular weight is 214 g/mol. The topological polar surface area (TPSA) is 55.1 Å². The summed E-state index contributed by atoms with van der Waals surface area (Å²) in [6.45, 7) is 2.29. The Balaban J connectivity index is 3.01. The fourth-order valence-corrected chi connectivity index (χ4v) is 1.28. The van der Waals surface area contributed by atoms with Crippen LogP contribution < -0.4 is 11.1 Å². The highest BCUT2D eigenvalue weighted by molar-refractivity contribution is 5.81. The zero-order valence-corrected chi connectivity index (χ0v) is 8.26. The second-order valence-corrected chi connectivity index (χ2v) is 3.07. The fourth-order valence-electron chi connectivity index (χ4n) is 1.28. The number of carbonyl (C=O) groups is 1. The first-order valence-electron chi connectivity index (χ1n) is 4.54. The monoisotopic (exact) mass is 214 g/mol. The lowest BCUT2D eigenvalue weighted by atomic mass is 10.1. The number of rotatable bonds is 4. The van der Waals surface area contributed by atoms with E-state index in [9.17, 15) is 13.6 Å². The van der Waals surface area contributed by atoms with Gasteiger partial charge in [-0.2, -0.15) is 0 Å². The van der Waals surface area contributed by atoms with Crippen LogP contribution in [0.5, 0.6) is 0 Å². The summed E-state index contributed by atoms with van der Waals surface area (Å²) in [5, 5.41) is 2.78. The summed E-state index contributed by atoms with van der Waals surface area (Å²) < 4.78 is 25.5. The summed E-state index contributed by atoms with van der Waals surface area (Å²) in [5.74, 6) is -2.56. The minimum Gasteiger partial charge on any atom is -0.368 e. The maximum absolute atomic E-state index is 12.9. The van der Waals surface area contributed by atoms with Crippen LogP contribution in [0.3, 0.4) is 0 Å². The quantitative estimate of drug-likeness (QED) is 0.788. The lowest BCUT2D eigenvalue weighted by Gasteiger charge is -2.14. The second-order valence-electron chi connectivity index (χ2n) is 3.07. The van der Waals surface area contributed by atoms with Gasteiger partial charge in [0.05, 0.1) is 0 Å². The van der Waals surface area contributed by atoms with Crippen molar-refractivity contribution in [2.75, 3.05) is 6.54 Å². The predicted octanol–water partition coefficient (Wildman–Crippen LogP) is 1.10. The van der Waals surface area contributed by atoms with Gasteiger partial charge in [0.15, 0.2) is 11.6 Å². The molecule has 1 aromatic carbocycles. The van der Waals surface area contributed by atoms with Crippen LogP contribution in [0.4, 0.5) is 8.78 Å². The van der Waals surface area contributed by atoms with Gasteiger partial charge in [-0.1, -0.05) is 13.0 Å². The smallest absolute Gasteiger partial charge is 0.239 e. The molecule has 1 atom stereocenters. The van der Waals surface area contributed by atoms with Gasteiger partial charge in [-0.3, -0.25) is 4.79 Å². The number of carbonyl (C=O) groups excluding carboxylic acids is 1. The molecule has 0 saturated heterocycles. The standard InChI is InChI=1S/C10H12F2N2O/c1-2-14-9(10(13)15)6-3-4-7(11)8(12)5-6/h3-5,9,14H,2H2,1H3,(H2,13,15)/t9-/m1/s1. The first-order valence-corrected chi connectivity index (χ1v) is 4.54. The molecular weight excluding hydrogens is 202 g/mol. The van der Waals surface area contributed by atoms with E-state index in [0.717, 1.165) is 12.1 Å². The lowest BCUT2D eigenvalue weighted by Crippen LogP contribution is -2.33. The second kappa shape index (κ2) is 4.84. The number of benzene rings is 1. The van der Waals surface area contributed by atoms with Crippen molar-refractivity contribution in [2.24, 2.45) is 5.73 Å². The zero-order chi connectivity index (χ0) is 11.4. The summed E-state index contributed by atoms with van der Waals surface area (Å²) >= 11 is 0. The molecule has 15 heavy (non-hydrogen) atoms. The summed E-state index contributed by atoms with van der Waals surface area (Å²) in [7, 11) is 0. The van der Waals surface area contributed by atoms with Crippen LogP contribution in [-0.4, -0.2) is 12.5 Å². The largest absolute Gasteiger partial charge is 0.368 e. The van der Waals surface area contributed by atoms with Crippen LogP contribution >= 0.6 is 0 Å². The van der Waals surface area contributed by atoms with E-state index in [-0.39, 0.29) is 0 Å². The number of halogens is 2. The Hall–Kier alpha value is -1.49. The minimum absolute atomic E-state index is 0.322. The fraction of sp³-hybridized carbons (Fsp3) is 0.300. The van der Waals surface area contributed by atoms with Gasteiger partial charge >= 0.3 is 0 Å². The molecule has 0 aliphatic rings. The van der Waals surface area contributed by atoms with Crippen molar-refractivity contribution >= 4 is 5.91 Å².